The summed E-state index contributed by atoms with van der Waals surface area (Å²) in [6.07, 6.45) is 1.55. The van der Waals surface area contributed by atoms with Crippen molar-refractivity contribution in [2.45, 2.75) is 12.8 Å². The van der Waals surface area contributed by atoms with Gasteiger partial charge in [0.2, 0.25) is 5.91 Å². The molecule has 6 nitrogen and oxygen atoms in total. The molecule has 6 heteroatoms. The highest BCUT2D eigenvalue weighted by molar-refractivity contribution is 5.96. The second-order valence-corrected chi connectivity index (χ2v) is 6.16. The highest BCUT2D eigenvalue weighted by atomic mass is 16.2. The van der Waals surface area contributed by atoms with Crippen LogP contribution in [0.5, 0.6) is 0 Å². The van der Waals surface area contributed by atoms with Crippen LogP contribution in [0.3, 0.4) is 0 Å². The van der Waals surface area contributed by atoms with Crippen molar-refractivity contribution in [3.63, 3.8) is 0 Å². The number of urea groups is 1. The van der Waals surface area contributed by atoms with Crippen LogP contribution in [-0.4, -0.2) is 29.9 Å². The zero-order valence-corrected chi connectivity index (χ0v) is 13.9. The van der Waals surface area contributed by atoms with Crippen molar-refractivity contribution in [1.82, 2.24) is 4.90 Å². The number of carbonyl (C=O) groups excluding carboxylic acids is 2. The Morgan fingerprint density at radius 2 is 1.72 bits per heavy atom. The van der Waals surface area contributed by atoms with Crippen LogP contribution < -0.4 is 16.4 Å². The molecule has 0 radical (unpaired) electrons. The maximum Gasteiger partial charge on any atom is 0.321 e. The van der Waals surface area contributed by atoms with Crippen LogP contribution in [0.25, 0.3) is 0 Å². The number of benzene rings is 2. The standard InChI is InChI=1S/C19H22N4O2/c20-16-10-4-5-11-17(16)22-18(24)14-7-6-12-23(13-14)19(25)21-15-8-2-1-3-9-15/h1-5,8-11,14H,6-7,12-13,20H2,(H,21,25)(H,22,24). The molecule has 1 fully saturated rings. The summed E-state index contributed by atoms with van der Waals surface area (Å²) < 4.78 is 0. The fourth-order valence-electron chi connectivity index (χ4n) is 2.95. The van der Waals surface area contributed by atoms with Crippen molar-refractivity contribution >= 4 is 29.0 Å². The molecule has 0 aromatic heterocycles. The van der Waals surface area contributed by atoms with E-state index in [0.29, 0.717) is 24.5 Å². The van der Waals surface area contributed by atoms with Gasteiger partial charge in [0.15, 0.2) is 0 Å². The second-order valence-electron chi connectivity index (χ2n) is 6.16. The Kier molecular flexibility index (Phi) is 5.18. The zero-order valence-electron chi connectivity index (χ0n) is 13.9. The molecule has 3 rings (SSSR count). The topological polar surface area (TPSA) is 87.5 Å². The van der Waals surface area contributed by atoms with Crippen molar-refractivity contribution in [2.24, 2.45) is 5.92 Å². The molecule has 2 aromatic carbocycles. The van der Waals surface area contributed by atoms with Crippen LogP contribution in [-0.2, 0) is 4.79 Å². The molecule has 2 aromatic rings. The predicted octanol–water partition coefficient (Wildman–Crippen LogP) is 3.15. The molecule has 0 saturated carbocycles. The van der Waals surface area contributed by atoms with E-state index in [0.717, 1.165) is 18.5 Å². The first-order valence-corrected chi connectivity index (χ1v) is 8.40. The van der Waals surface area contributed by atoms with Gasteiger partial charge in [-0.3, -0.25) is 4.79 Å². The van der Waals surface area contributed by atoms with Gasteiger partial charge in [0.1, 0.15) is 0 Å². The third-order valence-electron chi connectivity index (χ3n) is 4.32. The first-order valence-electron chi connectivity index (χ1n) is 8.40. The summed E-state index contributed by atoms with van der Waals surface area (Å²) in [5, 5.41) is 5.73. The Hall–Kier alpha value is -3.02. The minimum atomic E-state index is -0.241. The van der Waals surface area contributed by atoms with Crippen LogP contribution in [0.15, 0.2) is 54.6 Å². The van der Waals surface area contributed by atoms with Gasteiger partial charge in [-0.1, -0.05) is 30.3 Å². The van der Waals surface area contributed by atoms with Crippen LogP contribution in [0, 0.1) is 5.92 Å². The number of amides is 3. The highest BCUT2D eigenvalue weighted by Gasteiger charge is 2.28. The van der Waals surface area contributed by atoms with Gasteiger partial charge in [-0.2, -0.15) is 0 Å². The molecule has 3 amide bonds. The number of nitrogens with two attached hydrogens (primary N) is 1. The summed E-state index contributed by atoms with van der Waals surface area (Å²) in [4.78, 5) is 26.6. The summed E-state index contributed by atoms with van der Waals surface area (Å²) in [5.41, 5.74) is 7.76. The molecule has 0 spiro atoms. The molecule has 1 aliphatic heterocycles. The van der Waals surface area contributed by atoms with Crippen molar-refractivity contribution in [2.75, 3.05) is 29.5 Å². The third-order valence-corrected chi connectivity index (χ3v) is 4.32. The molecule has 130 valence electrons. The molecule has 0 bridgehead atoms. The van der Waals surface area contributed by atoms with Crippen molar-refractivity contribution < 1.29 is 9.59 Å². The smallest absolute Gasteiger partial charge is 0.321 e. The lowest BCUT2D eigenvalue weighted by atomic mass is 9.97. The molecule has 25 heavy (non-hydrogen) atoms. The van der Waals surface area contributed by atoms with Crippen molar-refractivity contribution in [3.05, 3.63) is 54.6 Å². The van der Waals surface area contributed by atoms with E-state index in [4.69, 9.17) is 5.73 Å². The lowest BCUT2D eigenvalue weighted by Crippen LogP contribution is -2.45. The van der Waals surface area contributed by atoms with Gasteiger partial charge in [0.05, 0.1) is 17.3 Å². The monoisotopic (exact) mass is 338 g/mol. The average molecular weight is 338 g/mol. The average Bonchev–Trinajstić information content (AvgIpc) is 2.64. The Balaban J connectivity index is 1.59. The summed E-state index contributed by atoms with van der Waals surface area (Å²) in [6, 6.07) is 16.3. The van der Waals surface area contributed by atoms with Gasteiger partial charge < -0.3 is 21.3 Å². The molecular formula is C19H22N4O2. The maximum atomic E-state index is 12.5. The Labute approximate surface area is 147 Å². The number of likely N-dealkylation sites (tertiary alicyclic amines) is 1. The first kappa shape index (κ1) is 16.8. The van der Waals surface area contributed by atoms with E-state index in [-0.39, 0.29) is 17.9 Å². The first-order chi connectivity index (χ1) is 12.1. The SMILES string of the molecule is Nc1ccccc1NC(=O)C1CCCN(C(=O)Nc2ccccc2)C1. The van der Waals surface area contributed by atoms with E-state index >= 15 is 0 Å². The number of para-hydroxylation sites is 3. The number of nitrogens with zero attached hydrogens (tertiary/aromatic N) is 1. The molecule has 1 atom stereocenters. The molecule has 1 unspecified atom stereocenters. The zero-order chi connectivity index (χ0) is 17.6. The third kappa shape index (κ3) is 4.29. The van der Waals surface area contributed by atoms with E-state index in [9.17, 15) is 9.59 Å². The van der Waals surface area contributed by atoms with Gasteiger partial charge >= 0.3 is 6.03 Å². The lowest BCUT2D eigenvalue weighted by molar-refractivity contribution is -0.121. The van der Waals surface area contributed by atoms with Gasteiger partial charge in [-0.25, -0.2) is 4.79 Å². The highest BCUT2D eigenvalue weighted by Crippen LogP contribution is 2.22. The van der Waals surface area contributed by atoms with E-state index in [1.807, 2.05) is 42.5 Å². The summed E-state index contributed by atoms with van der Waals surface area (Å²) >= 11 is 0. The molecule has 0 aliphatic carbocycles. The number of anilines is 3. The predicted molar refractivity (Wildman–Crippen MR) is 99.2 cm³/mol. The van der Waals surface area contributed by atoms with Gasteiger partial charge in [0, 0.05) is 18.8 Å². The van der Waals surface area contributed by atoms with Gasteiger partial charge in [-0.05, 0) is 37.1 Å². The molecule has 1 aliphatic rings. The number of nitrogen functional groups attached to an aromatic ring is 1. The van der Waals surface area contributed by atoms with Crippen molar-refractivity contribution in [1.29, 1.82) is 0 Å². The number of hydrogen-bond donors (Lipinski definition) is 3. The minimum Gasteiger partial charge on any atom is -0.397 e. The Morgan fingerprint density at radius 3 is 2.48 bits per heavy atom. The normalized spacial score (nSPS) is 17.0. The Morgan fingerprint density at radius 1 is 1.00 bits per heavy atom. The Bertz CT molecular complexity index is 748. The summed E-state index contributed by atoms with van der Waals surface area (Å²) in [5.74, 6) is -0.343. The van der Waals surface area contributed by atoms with Crippen LogP contribution in [0.1, 0.15) is 12.8 Å². The molecule has 4 N–H and O–H groups in total. The molecule has 1 saturated heterocycles. The van der Waals surface area contributed by atoms with E-state index < -0.39 is 0 Å². The van der Waals surface area contributed by atoms with E-state index in [1.165, 1.54) is 0 Å². The van der Waals surface area contributed by atoms with Crippen molar-refractivity contribution in [3.8, 4) is 0 Å². The van der Waals surface area contributed by atoms with Crippen LogP contribution in [0.4, 0.5) is 21.9 Å². The number of piperidine rings is 1. The van der Waals surface area contributed by atoms with Gasteiger partial charge in [0.25, 0.3) is 0 Å². The number of rotatable bonds is 3. The fourth-order valence-corrected chi connectivity index (χ4v) is 2.95. The number of nitrogens with one attached hydrogen (secondary N) is 2. The molecular weight excluding hydrogens is 316 g/mol. The maximum absolute atomic E-state index is 12.5. The summed E-state index contributed by atoms with van der Waals surface area (Å²) in [7, 11) is 0. The van der Waals surface area contributed by atoms with Crippen LogP contribution >= 0.6 is 0 Å². The molecule has 1 heterocycles. The van der Waals surface area contributed by atoms with Crippen LogP contribution in [0.2, 0.25) is 0 Å². The quantitative estimate of drug-likeness (QED) is 0.751. The number of hydrogen-bond acceptors (Lipinski definition) is 3. The lowest BCUT2D eigenvalue weighted by Gasteiger charge is -2.32. The van der Waals surface area contributed by atoms with Gasteiger partial charge in [-0.15, -0.1) is 0 Å². The van der Waals surface area contributed by atoms with E-state index in [2.05, 4.69) is 10.6 Å². The largest absolute Gasteiger partial charge is 0.397 e. The minimum absolute atomic E-state index is 0.102. The second kappa shape index (κ2) is 7.70. The van der Waals surface area contributed by atoms with E-state index in [1.54, 1.807) is 17.0 Å². The fraction of sp³-hybridized carbons (Fsp3) is 0.263. The number of carbonyl (C=O) groups is 2. The summed E-state index contributed by atoms with van der Waals surface area (Å²) in [6.45, 7) is 1.05.